The first-order valence-electron chi connectivity index (χ1n) is 8.07. The second-order valence-electron chi connectivity index (χ2n) is 5.84. The van der Waals surface area contributed by atoms with E-state index in [9.17, 15) is 18.0 Å². The number of carbonyl (C=O) groups is 2. The van der Waals surface area contributed by atoms with Crippen molar-refractivity contribution in [3.8, 4) is 5.75 Å². The lowest BCUT2D eigenvalue weighted by atomic mass is 10.2. The molecule has 1 heterocycles. The number of methoxy groups -OCH3 is 1. The number of rotatable bonds is 4. The number of hydrogen-bond acceptors (Lipinski definition) is 6. The van der Waals surface area contributed by atoms with Gasteiger partial charge in [0.15, 0.2) is 0 Å². The van der Waals surface area contributed by atoms with Crippen LogP contribution in [0.3, 0.4) is 0 Å². The fourth-order valence-corrected chi connectivity index (χ4v) is 4.20. The molecule has 2 aromatic rings. The van der Waals surface area contributed by atoms with E-state index in [1.54, 1.807) is 24.3 Å². The predicted molar refractivity (Wildman–Crippen MR) is 98.2 cm³/mol. The molecular formula is C18H18N2O6S. The number of amides is 1. The summed E-state index contributed by atoms with van der Waals surface area (Å²) in [7, 11) is -2.75. The van der Waals surface area contributed by atoms with Gasteiger partial charge in [0.05, 0.1) is 24.2 Å². The third kappa shape index (κ3) is 3.72. The van der Waals surface area contributed by atoms with Gasteiger partial charge in [-0.2, -0.15) is 0 Å². The quantitative estimate of drug-likeness (QED) is 0.799. The Morgan fingerprint density at radius 2 is 1.81 bits per heavy atom. The highest BCUT2D eigenvalue weighted by molar-refractivity contribution is 7.92. The Labute approximate surface area is 156 Å². The van der Waals surface area contributed by atoms with Crippen molar-refractivity contribution in [2.24, 2.45) is 0 Å². The van der Waals surface area contributed by atoms with Gasteiger partial charge in [-0.15, -0.1) is 0 Å². The van der Waals surface area contributed by atoms with Gasteiger partial charge >= 0.3 is 5.97 Å². The molecule has 8 nitrogen and oxygen atoms in total. The van der Waals surface area contributed by atoms with Gasteiger partial charge in [-0.1, -0.05) is 12.1 Å². The molecule has 1 aliphatic rings. The number of fused-ring (bicyclic) bond motifs is 1. The number of ether oxygens (including phenoxy) is 2. The maximum Gasteiger partial charge on any atom is 0.348 e. The molecule has 3 rings (SSSR count). The molecule has 2 aromatic carbocycles. The third-order valence-electron chi connectivity index (χ3n) is 3.96. The maximum atomic E-state index is 13.2. The highest BCUT2D eigenvalue weighted by Gasteiger charge is 2.37. The standard InChI is InChI=1S/C18H18N2O6S/c1-12(21)19-13-7-9-14(10-8-13)27(23,24)20-11-17(18(22)25-2)26-16-6-4-3-5-15(16)20/h3-10,17H,11H2,1-2H3,(H,19,21)/t17-/m1/s1. The van der Waals surface area contributed by atoms with Crippen LogP contribution in [-0.4, -0.2) is 40.1 Å². The summed E-state index contributed by atoms with van der Waals surface area (Å²) < 4.78 is 37.7. The first-order chi connectivity index (χ1) is 12.8. The third-order valence-corrected chi connectivity index (χ3v) is 5.76. The maximum absolute atomic E-state index is 13.2. The topological polar surface area (TPSA) is 102 Å². The average Bonchev–Trinajstić information content (AvgIpc) is 2.66. The summed E-state index contributed by atoms with van der Waals surface area (Å²) in [5.41, 5.74) is 0.819. The van der Waals surface area contributed by atoms with E-state index >= 15 is 0 Å². The van der Waals surface area contributed by atoms with Crippen molar-refractivity contribution in [2.45, 2.75) is 17.9 Å². The summed E-state index contributed by atoms with van der Waals surface area (Å²) in [6.45, 7) is 1.15. The van der Waals surface area contributed by atoms with Crippen LogP contribution in [0.4, 0.5) is 11.4 Å². The van der Waals surface area contributed by atoms with E-state index in [0.717, 1.165) is 4.31 Å². The zero-order chi connectivity index (χ0) is 19.6. The molecule has 0 aliphatic carbocycles. The Morgan fingerprint density at radius 1 is 1.15 bits per heavy atom. The summed E-state index contributed by atoms with van der Waals surface area (Å²) in [4.78, 5) is 23.1. The minimum atomic E-state index is -3.96. The number of esters is 1. The van der Waals surface area contributed by atoms with Crippen LogP contribution >= 0.6 is 0 Å². The molecule has 0 saturated heterocycles. The van der Waals surface area contributed by atoms with Gasteiger partial charge in [-0.05, 0) is 36.4 Å². The van der Waals surface area contributed by atoms with Gasteiger partial charge in [0, 0.05) is 12.6 Å². The molecule has 27 heavy (non-hydrogen) atoms. The molecule has 142 valence electrons. The van der Waals surface area contributed by atoms with Crippen LogP contribution in [0, 0.1) is 0 Å². The summed E-state index contributed by atoms with van der Waals surface area (Å²) in [6, 6.07) is 12.3. The number of carbonyl (C=O) groups excluding carboxylic acids is 2. The second-order valence-corrected chi connectivity index (χ2v) is 7.70. The molecule has 1 atom stereocenters. The zero-order valence-corrected chi connectivity index (χ0v) is 15.5. The Hall–Kier alpha value is -3.07. The molecule has 0 bridgehead atoms. The van der Waals surface area contributed by atoms with E-state index in [1.807, 2.05) is 0 Å². The molecule has 0 aromatic heterocycles. The zero-order valence-electron chi connectivity index (χ0n) is 14.7. The van der Waals surface area contributed by atoms with Crippen molar-refractivity contribution in [2.75, 3.05) is 23.3 Å². The number of benzene rings is 2. The average molecular weight is 390 g/mol. The van der Waals surface area contributed by atoms with Crippen LogP contribution in [0.15, 0.2) is 53.4 Å². The Balaban J connectivity index is 1.99. The molecule has 0 spiro atoms. The van der Waals surface area contributed by atoms with Crippen molar-refractivity contribution in [3.63, 3.8) is 0 Å². The van der Waals surface area contributed by atoms with Crippen LogP contribution in [-0.2, 0) is 24.3 Å². The smallest absolute Gasteiger partial charge is 0.348 e. The van der Waals surface area contributed by atoms with Crippen LogP contribution < -0.4 is 14.4 Å². The van der Waals surface area contributed by atoms with E-state index in [2.05, 4.69) is 5.32 Å². The van der Waals surface area contributed by atoms with Crippen LogP contribution in [0.2, 0.25) is 0 Å². The monoisotopic (exact) mass is 390 g/mol. The summed E-state index contributed by atoms with van der Waals surface area (Å²) >= 11 is 0. The first kappa shape index (κ1) is 18.7. The van der Waals surface area contributed by atoms with Gasteiger partial charge in [-0.3, -0.25) is 9.10 Å². The van der Waals surface area contributed by atoms with Crippen molar-refractivity contribution in [3.05, 3.63) is 48.5 Å². The molecule has 0 fully saturated rings. The summed E-state index contributed by atoms with van der Waals surface area (Å²) in [5, 5.41) is 2.58. The highest BCUT2D eigenvalue weighted by Crippen LogP contribution is 2.37. The fraction of sp³-hybridized carbons (Fsp3) is 0.222. The number of anilines is 2. The lowest BCUT2D eigenvalue weighted by Crippen LogP contribution is -2.47. The largest absolute Gasteiger partial charge is 0.475 e. The van der Waals surface area contributed by atoms with Gasteiger partial charge in [0.2, 0.25) is 12.0 Å². The molecule has 9 heteroatoms. The number of nitrogens with one attached hydrogen (secondary N) is 1. The van der Waals surface area contributed by atoms with Gasteiger partial charge in [0.25, 0.3) is 10.0 Å². The minimum absolute atomic E-state index is 0.0249. The first-order valence-corrected chi connectivity index (χ1v) is 9.51. The second kappa shape index (κ2) is 7.28. The van der Waals surface area contributed by atoms with E-state index in [0.29, 0.717) is 11.4 Å². The number of nitrogens with zero attached hydrogens (tertiary/aromatic N) is 1. The molecular weight excluding hydrogens is 372 g/mol. The van der Waals surface area contributed by atoms with E-state index < -0.39 is 22.1 Å². The number of sulfonamides is 1. The SMILES string of the molecule is COC(=O)[C@H]1CN(S(=O)(=O)c2ccc(NC(C)=O)cc2)c2ccccc2O1. The lowest BCUT2D eigenvalue weighted by molar-refractivity contribution is -0.148. The Bertz CT molecular complexity index is 972. The Morgan fingerprint density at radius 3 is 2.44 bits per heavy atom. The molecule has 1 aliphatic heterocycles. The normalized spacial score (nSPS) is 16.1. The van der Waals surface area contributed by atoms with E-state index in [-0.39, 0.29) is 23.1 Å². The van der Waals surface area contributed by atoms with Gasteiger partial charge in [-0.25, -0.2) is 13.2 Å². The van der Waals surface area contributed by atoms with E-state index in [4.69, 9.17) is 9.47 Å². The van der Waals surface area contributed by atoms with Crippen molar-refractivity contribution >= 4 is 33.3 Å². The molecule has 0 radical (unpaired) electrons. The molecule has 0 saturated carbocycles. The van der Waals surface area contributed by atoms with Crippen molar-refractivity contribution in [1.82, 2.24) is 0 Å². The van der Waals surface area contributed by atoms with Gasteiger partial charge < -0.3 is 14.8 Å². The highest BCUT2D eigenvalue weighted by atomic mass is 32.2. The van der Waals surface area contributed by atoms with Gasteiger partial charge in [0.1, 0.15) is 5.75 Å². The number of hydrogen-bond donors (Lipinski definition) is 1. The minimum Gasteiger partial charge on any atom is -0.475 e. The fourth-order valence-electron chi connectivity index (χ4n) is 2.72. The van der Waals surface area contributed by atoms with Crippen LogP contribution in [0.5, 0.6) is 5.75 Å². The molecule has 1 N–H and O–H groups in total. The van der Waals surface area contributed by atoms with Crippen molar-refractivity contribution in [1.29, 1.82) is 0 Å². The summed E-state index contributed by atoms with van der Waals surface area (Å²) in [6.07, 6.45) is -1.07. The molecule has 0 unspecified atom stereocenters. The molecule has 1 amide bonds. The number of para-hydroxylation sites is 2. The lowest BCUT2D eigenvalue weighted by Gasteiger charge is -2.34. The van der Waals surface area contributed by atoms with Crippen LogP contribution in [0.25, 0.3) is 0 Å². The predicted octanol–water partition coefficient (Wildman–Crippen LogP) is 1.77. The van der Waals surface area contributed by atoms with E-state index in [1.165, 1.54) is 38.3 Å². The van der Waals surface area contributed by atoms with Crippen LogP contribution in [0.1, 0.15) is 6.92 Å². The Kier molecular flexibility index (Phi) is 5.04. The van der Waals surface area contributed by atoms with Crippen molar-refractivity contribution < 1.29 is 27.5 Å². The summed E-state index contributed by atoms with van der Waals surface area (Å²) in [5.74, 6) is -0.642.